The Bertz CT molecular complexity index is 445. The Hall–Kier alpha value is -1.14. The average molecular weight is 291 g/mol. The van der Waals surface area contributed by atoms with E-state index in [9.17, 15) is 0 Å². The van der Waals surface area contributed by atoms with Crippen LogP contribution in [0.1, 0.15) is 31.4 Å². The number of nitrogens with two attached hydrogens (primary N) is 1. The van der Waals surface area contributed by atoms with Gasteiger partial charge in [-0.05, 0) is 36.5 Å². The van der Waals surface area contributed by atoms with Crippen LogP contribution < -0.4 is 21.3 Å². The first kappa shape index (κ1) is 14.8. The van der Waals surface area contributed by atoms with Crippen molar-refractivity contribution in [2.24, 2.45) is 11.7 Å². The Labute approximate surface area is 126 Å². The molecule has 2 aliphatic rings. The number of nitrogens with one attached hydrogen (secondary N) is 2. The Morgan fingerprint density at radius 1 is 1.29 bits per heavy atom. The second-order valence-corrected chi connectivity index (χ2v) is 5.98. The maximum atomic E-state index is 5.80. The second kappa shape index (κ2) is 6.75. The molecule has 2 heterocycles. The topological polar surface area (TPSA) is 68.5 Å². The van der Waals surface area contributed by atoms with E-state index in [4.69, 9.17) is 15.2 Å². The van der Waals surface area contributed by atoms with Crippen molar-refractivity contribution in [3.05, 3.63) is 29.8 Å². The van der Waals surface area contributed by atoms with E-state index in [2.05, 4.69) is 29.9 Å². The number of hydrogen-bond donors (Lipinski definition) is 3. The van der Waals surface area contributed by atoms with Gasteiger partial charge in [0.1, 0.15) is 12.4 Å². The third-order valence-electron chi connectivity index (χ3n) is 4.54. The Morgan fingerprint density at radius 2 is 2.10 bits per heavy atom. The van der Waals surface area contributed by atoms with Crippen LogP contribution in [-0.2, 0) is 4.74 Å². The first-order chi connectivity index (χ1) is 10.3. The minimum atomic E-state index is 0.260. The molecule has 21 heavy (non-hydrogen) atoms. The number of ether oxygens (including phenoxy) is 2. The summed E-state index contributed by atoms with van der Waals surface area (Å²) in [5.41, 5.74) is 13.6. The van der Waals surface area contributed by atoms with E-state index in [1.54, 1.807) is 0 Å². The minimum absolute atomic E-state index is 0.260. The normalized spacial score (nSPS) is 32.5. The van der Waals surface area contributed by atoms with Crippen LogP contribution in [-0.4, -0.2) is 31.9 Å². The van der Waals surface area contributed by atoms with Gasteiger partial charge >= 0.3 is 0 Å². The summed E-state index contributed by atoms with van der Waals surface area (Å²) in [4.78, 5) is 0. The standard InChI is InChI=1S/C16H25N3O2/c1-11-15(9-17)18-19-16(11)12-4-6-13(7-5-12)21-10-14-3-2-8-20-14/h4-7,11,14-16,18-19H,2-3,8-10,17H2,1H3. The highest BCUT2D eigenvalue weighted by Gasteiger charge is 2.32. The van der Waals surface area contributed by atoms with Gasteiger partial charge in [-0.1, -0.05) is 19.1 Å². The van der Waals surface area contributed by atoms with Gasteiger partial charge in [-0.3, -0.25) is 5.43 Å². The lowest BCUT2D eigenvalue weighted by atomic mass is 9.91. The molecule has 1 aromatic rings. The van der Waals surface area contributed by atoms with Crippen LogP contribution in [0.15, 0.2) is 24.3 Å². The SMILES string of the molecule is CC1C(CN)NNC1c1ccc(OCC2CCCO2)cc1. The monoisotopic (exact) mass is 291 g/mol. The average Bonchev–Trinajstić information content (AvgIpc) is 3.15. The fourth-order valence-corrected chi connectivity index (χ4v) is 3.09. The van der Waals surface area contributed by atoms with E-state index in [0.29, 0.717) is 31.2 Å². The molecule has 0 bridgehead atoms. The summed E-state index contributed by atoms with van der Waals surface area (Å²) in [7, 11) is 0. The summed E-state index contributed by atoms with van der Waals surface area (Å²) >= 11 is 0. The number of rotatable bonds is 5. The van der Waals surface area contributed by atoms with Crippen molar-refractivity contribution in [1.29, 1.82) is 0 Å². The predicted octanol–water partition coefficient (Wildman–Crippen LogP) is 1.36. The molecular formula is C16H25N3O2. The van der Waals surface area contributed by atoms with Crippen LogP contribution >= 0.6 is 0 Å². The Balaban J connectivity index is 1.56. The molecule has 4 unspecified atom stereocenters. The van der Waals surface area contributed by atoms with Gasteiger partial charge in [0.05, 0.1) is 12.1 Å². The van der Waals surface area contributed by atoms with Crippen LogP contribution in [0, 0.1) is 5.92 Å². The van der Waals surface area contributed by atoms with E-state index in [1.165, 1.54) is 5.56 Å². The van der Waals surface area contributed by atoms with Gasteiger partial charge < -0.3 is 15.2 Å². The lowest BCUT2D eigenvalue weighted by Crippen LogP contribution is -2.37. The van der Waals surface area contributed by atoms with Gasteiger partial charge in [-0.25, -0.2) is 5.43 Å². The summed E-state index contributed by atoms with van der Waals surface area (Å²) in [6.45, 7) is 4.38. The van der Waals surface area contributed by atoms with Crippen molar-refractivity contribution in [1.82, 2.24) is 10.9 Å². The molecule has 0 radical (unpaired) electrons. The molecule has 5 nitrogen and oxygen atoms in total. The summed E-state index contributed by atoms with van der Waals surface area (Å²) in [5.74, 6) is 1.37. The van der Waals surface area contributed by atoms with E-state index in [-0.39, 0.29) is 6.10 Å². The molecule has 2 aliphatic heterocycles. The highest BCUT2D eigenvalue weighted by atomic mass is 16.5. The quantitative estimate of drug-likeness (QED) is 0.764. The molecule has 3 rings (SSSR count). The van der Waals surface area contributed by atoms with Crippen LogP contribution in [0.5, 0.6) is 5.75 Å². The van der Waals surface area contributed by atoms with Crippen LogP contribution in [0.4, 0.5) is 0 Å². The first-order valence-corrected chi connectivity index (χ1v) is 7.83. The summed E-state index contributed by atoms with van der Waals surface area (Å²) in [6.07, 6.45) is 2.51. The molecule has 4 atom stereocenters. The maximum absolute atomic E-state index is 5.80. The van der Waals surface area contributed by atoms with Crippen LogP contribution in [0.3, 0.4) is 0 Å². The first-order valence-electron chi connectivity index (χ1n) is 7.83. The summed E-state index contributed by atoms with van der Waals surface area (Å²) in [6, 6.07) is 8.94. The highest BCUT2D eigenvalue weighted by Crippen LogP contribution is 2.29. The zero-order valence-corrected chi connectivity index (χ0v) is 12.5. The molecule has 116 valence electrons. The summed E-state index contributed by atoms with van der Waals surface area (Å²) < 4.78 is 11.4. The van der Waals surface area contributed by atoms with Crippen molar-refractivity contribution in [3.63, 3.8) is 0 Å². The van der Waals surface area contributed by atoms with E-state index < -0.39 is 0 Å². The Morgan fingerprint density at radius 3 is 2.71 bits per heavy atom. The van der Waals surface area contributed by atoms with Crippen molar-refractivity contribution < 1.29 is 9.47 Å². The van der Waals surface area contributed by atoms with E-state index >= 15 is 0 Å². The smallest absolute Gasteiger partial charge is 0.119 e. The zero-order valence-electron chi connectivity index (χ0n) is 12.5. The summed E-state index contributed by atoms with van der Waals surface area (Å²) in [5, 5.41) is 0. The number of hydrogen-bond acceptors (Lipinski definition) is 5. The van der Waals surface area contributed by atoms with Crippen LogP contribution in [0.25, 0.3) is 0 Å². The van der Waals surface area contributed by atoms with Gasteiger partial charge in [0.15, 0.2) is 0 Å². The van der Waals surface area contributed by atoms with Gasteiger partial charge in [0, 0.05) is 19.2 Å². The van der Waals surface area contributed by atoms with E-state index in [1.807, 2.05) is 12.1 Å². The maximum Gasteiger partial charge on any atom is 0.119 e. The molecule has 0 spiro atoms. The third-order valence-corrected chi connectivity index (χ3v) is 4.54. The molecule has 2 saturated heterocycles. The van der Waals surface area contributed by atoms with Crippen molar-refractivity contribution >= 4 is 0 Å². The lowest BCUT2D eigenvalue weighted by Gasteiger charge is -2.18. The van der Waals surface area contributed by atoms with Gasteiger partial charge in [-0.15, -0.1) is 0 Å². The molecule has 0 aromatic heterocycles. The predicted molar refractivity (Wildman–Crippen MR) is 81.9 cm³/mol. The molecule has 1 aromatic carbocycles. The number of benzene rings is 1. The molecule has 2 fully saturated rings. The highest BCUT2D eigenvalue weighted by molar-refractivity contribution is 5.30. The minimum Gasteiger partial charge on any atom is -0.491 e. The van der Waals surface area contributed by atoms with Gasteiger partial charge in [-0.2, -0.15) is 0 Å². The van der Waals surface area contributed by atoms with Crippen molar-refractivity contribution in [2.75, 3.05) is 19.8 Å². The van der Waals surface area contributed by atoms with Gasteiger partial charge in [0.2, 0.25) is 0 Å². The zero-order chi connectivity index (χ0) is 14.7. The second-order valence-electron chi connectivity index (χ2n) is 5.98. The molecular weight excluding hydrogens is 266 g/mol. The van der Waals surface area contributed by atoms with Gasteiger partial charge in [0.25, 0.3) is 0 Å². The number of hydrazine groups is 1. The Kier molecular flexibility index (Phi) is 4.75. The van der Waals surface area contributed by atoms with E-state index in [0.717, 1.165) is 25.2 Å². The fourth-order valence-electron chi connectivity index (χ4n) is 3.09. The third kappa shape index (κ3) is 3.37. The lowest BCUT2D eigenvalue weighted by molar-refractivity contribution is 0.0679. The molecule has 4 N–H and O–H groups in total. The van der Waals surface area contributed by atoms with Crippen molar-refractivity contribution in [3.8, 4) is 5.75 Å². The van der Waals surface area contributed by atoms with Crippen LogP contribution in [0.2, 0.25) is 0 Å². The molecule has 0 amide bonds. The largest absolute Gasteiger partial charge is 0.491 e. The fraction of sp³-hybridized carbons (Fsp3) is 0.625. The van der Waals surface area contributed by atoms with Crippen molar-refractivity contribution in [2.45, 2.75) is 38.0 Å². The molecule has 0 aliphatic carbocycles. The molecule has 5 heteroatoms. The molecule has 0 saturated carbocycles.